The van der Waals surface area contributed by atoms with Crippen molar-refractivity contribution in [3.63, 3.8) is 0 Å². The Bertz CT molecular complexity index is 574. The van der Waals surface area contributed by atoms with Gasteiger partial charge in [-0.15, -0.1) is 0 Å². The molecule has 0 amide bonds. The van der Waals surface area contributed by atoms with Crippen molar-refractivity contribution in [3.05, 3.63) is 35.0 Å². The van der Waals surface area contributed by atoms with Crippen molar-refractivity contribution in [1.29, 1.82) is 10.5 Å². The van der Waals surface area contributed by atoms with Crippen LogP contribution in [0, 0.1) is 22.7 Å². The van der Waals surface area contributed by atoms with Gasteiger partial charge in [0.2, 0.25) is 0 Å². The third kappa shape index (κ3) is 6.88. The first-order valence-electron chi connectivity index (χ1n) is 7.49. The van der Waals surface area contributed by atoms with Crippen LogP contribution in [0.1, 0.15) is 17.9 Å². The van der Waals surface area contributed by atoms with Crippen LogP contribution in [0.3, 0.4) is 0 Å². The smallest absolute Gasteiger partial charge is 0.169 e. The van der Waals surface area contributed by atoms with Gasteiger partial charge in [0.15, 0.2) is 5.57 Å². The molecule has 1 aromatic heterocycles. The molecule has 0 radical (unpaired) electrons. The van der Waals surface area contributed by atoms with E-state index in [1.165, 1.54) is 0 Å². The molecule has 0 aliphatic carbocycles. The maximum absolute atomic E-state index is 8.81. The Balaban J connectivity index is 2.23. The Morgan fingerprint density at radius 3 is 2.48 bits per heavy atom. The Kier molecular flexibility index (Phi) is 8.30. The summed E-state index contributed by atoms with van der Waals surface area (Å²) in [5.41, 5.74) is 0.0597. The van der Waals surface area contributed by atoms with E-state index in [4.69, 9.17) is 14.9 Å². The lowest BCUT2D eigenvalue weighted by atomic mass is 10.3. The summed E-state index contributed by atoms with van der Waals surface area (Å²) in [6, 6.07) is 7.69. The van der Waals surface area contributed by atoms with Crippen molar-refractivity contribution in [1.82, 2.24) is 20.9 Å². The number of nitrogens with zero attached hydrogens (tertiary/aromatic N) is 3. The molecule has 0 aliphatic heterocycles. The molecule has 0 saturated carbocycles. The first kappa shape index (κ1) is 18.6. The Hall–Kier alpha value is -2.48. The van der Waals surface area contributed by atoms with Crippen molar-refractivity contribution < 1.29 is 4.42 Å². The van der Waals surface area contributed by atoms with E-state index >= 15 is 0 Å². The van der Waals surface area contributed by atoms with E-state index in [1.54, 1.807) is 7.05 Å². The van der Waals surface area contributed by atoms with Gasteiger partial charge < -0.3 is 25.3 Å². The first-order valence-corrected chi connectivity index (χ1v) is 7.49. The molecule has 23 heavy (non-hydrogen) atoms. The quantitative estimate of drug-likeness (QED) is 0.435. The molecule has 1 heterocycles. The van der Waals surface area contributed by atoms with Crippen LogP contribution in [-0.2, 0) is 13.1 Å². The van der Waals surface area contributed by atoms with E-state index in [-0.39, 0.29) is 5.57 Å². The summed E-state index contributed by atoms with van der Waals surface area (Å²) in [7, 11) is 5.69. The summed E-state index contributed by atoms with van der Waals surface area (Å²) < 4.78 is 5.71. The minimum atomic E-state index is 0.0597. The van der Waals surface area contributed by atoms with Crippen molar-refractivity contribution >= 4 is 0 Å². The summed E-state index contributed by atoms with van der Waals surface area (Å²) in [5.74, 6) is 2.34. The van der Waals surface area contributed by atoms with Gasteiger partial charge in [-0.2, -0.15) is 10.5 Å². The zero-order valence-electron chi connectivity index (χ0n) is 13.9. The molecule has 1 aromatic rings. The average Bonchev–Trinajstić information content (AvgIpc) is 2.96. The number of nitriles is 2. The molecule has 7 nitrogen and oxygen atoms in total. The highest BCUT2D eigenvalue weighted by molar-refractivity contribution is 5.38. The van der Waals surface area contributed by atoms with Gasteiger partial charge in [-0.25, -0.2) is 0 Å². The largest absolute Gasteiger partial charge is 0.463 e. The molecular formula is C16H24N6O. The molecule has 0 saturated heterocycles. The van der Waals surface area contributed by atoms with E-state index in [0.717, 1.165) is 31.0 Å². The highest BCUT2D eigenvalue weighted by Gasteiger charge is 2.04. The zero-order chi connectivity index (χ0) is 17.1. The Morgan fingerprint density at radius 2 is 1.87 bits per heavy atom. The van der Waals surface area contributed by atoms with Crippen molar-refractivity contribution in [2.24, 2.45) is 0 Å². The summed E-state index contributed by atoms with van der Waals surface area (Å²) in [5, 5.41) is 26.8. The van der Waals surface area contributed by atoms with Crippen LogP contribution in [0.2, 0.25) is 0 Å². The summed E-state index contributed by atoms with van der Waals surface area (Å²) in [6.07, 6.45) is 0.862. The monoisotopic (exact) mass is 316 g/mol. The summed E-state index contributed by atoms with van der Waals surface area (Å²) in [4.78, 5) is 2.06. The second kappa shape index (κ2) is 10.3. The molecule has 0 fully saturated rings. The molecule has 0 atom stereocenters. The molecule has 0 aliphatic rings. The van der Waals surface area contributed by atoms with Crippen LogP contribution in [-0.4, -0.2) is 39.1 Å². The fraction of sp³-hybridized carbons (Fsp3) is 0.500. The van der Waals surface area contributed by atoms with Crippen molar-refractivity contribution in [2.45, 2.75) is 19.5 Å². The van der Waals surface area contributed by atoms with Crippen LogP contribution >= 0.6 is 0 Å². The number of hydrogen-bond donors (Lipinski definition) is 3. The standard InChI is InChI=1S/C16H24N6O/c1-19-16(13(9-17)10-18)21-8-4-7-20-11-14-5-6-15(23-14)12-22(2)3/h5-6,19-21H,4,7-8,11-12H2,1-3H3. The SMILES string of the molecule is CNC(NCCCNCc1ccc(CN(C)C)o1)=C(C#N)C#N. The molecule has 1 rings (SSSR count). The third-order valence-electron chi connectivity index (χ3n) is 3.04. The molecule has 0 unspecified atom stereocenters. The summed E-state index contributed by atoms with van der Waals surface area (Å²) >= 11 is 0. The van der Waals surface area contributed by atoms with Crippen molar-refractivity contribution in [2.75, 3.05) is 34.2 Å². The highest BCUT2D eigenvalue weighted by atomic mass is 16.3. The van der Waals surface area contributed by atoms with Crippen molar-refractivity contribution in [3.8, 4) is 12.1 Å². The normalized spacial score (nSPS) is 10.0. The molecule has 0 aromatic carbocycles. The minimum Gasteiger partial charge on any atom is -0.463 e. The van der Waals surface area contributed by atoms with Gasteiger partial charge >= 0.3 is 0 Å². The van der Waals surface area contributed by atoms with E-state index in [2.05, 4.69) is 20.9 Å². The van der Waals surface area contributed by atoms with Crippen LogP contribution in [0.15, 0.2) is 27.9 Å². The van der Waals surface area contributed by atoms with E-state index in [0.29, 0.717) is 18.9 Å². The number of furan rings is 1. The number of nitrogens with one attached hydrogen (secondary N) is 3. The third-order valence-corrected chi connectivity index (χ3v) is 3.04. The van der Waals surface area contributed by atoms with Gasteiger partial charge in [0.05, 0.1) is 13.1 Å². The van der Waals surface area contributed by atoms with Gasteiger partial charge in [0.25, 0.3) is 0 Å². The van der Waals surface area contributed by atoms with Gasteiger partial charge in [-0.1, -0.05) is 0 Å². The van der Waals surface area contributed by atoms with E-state index in [1.807, 2.05) is 38.4 Å². The van der Waals surface area contributed by atoms with Crippen LogP contribution in [0.25, 0.3) is 0 Å². The summed E-state index contributed by atoms with van der Waals surface area (Å²) in [6.45, 7) is 2.95. The topological polar surface area (TPSA) is 100 Å². The lowest BCUT2D eigenvalue weighted by molar-refractivity contribution is 0.339. The molecule has 3 N–H and O–H groups in total. The maximum atomic E-state index is 8.81. The first-order chi connectivity index (χ1) is 11.1. The van der Waals surface area contributed by atoms with E-state index < -0.39 is 0 Å². The molecule has 0 spiro atoms. The molecule has 124 valence electrons. The lowest BCUT2D eigenvalue weighted by Crippen LogP contribution is -2.28. The van der Waals surface area contributed by atoms with Gasteiger partial charge in [-0.3, -0.25) is 0 Å². The van der Waals surface area contributed by atoms with Crippen LogP contribution in [0.5, 0.6) is 0 Å². The Morgan fingerprint density at radius 1 is 1.17 bits per heavy atom. The highest BCUT2D eigenvalue weighted by Crippen LogP contribution is 2.09. The second-order valence-corrected chi connectivity index (χ2v) is 5.29. The zero-order valence-corrected chi connectivity index (χ0v) is 13.9. The van der Waals surface area contributed by atoms with Gasteiger partial charge in [0, 0.05) is 13.6 Å². The number of allylic oxidation sites excluding steroid dienone is 1. The van der Waals surface area contributed by atoms with E-state index in [9.17, 15) is 0 Å². The lowest BCUT2D eigenvalue weighted by Gasteiger charge is -2.10. The predicted octanol–water partition coefficient (Wildman–Crippen LogP) is 0.889. The van der Waals surface area contributed by atoms with Gasteiger partial charge in [-0.05, 0) is 39.2 Å². The maximum Gasteiger partial charge on any atom is 0.169 e. The number of hydrogen-bond acceptors (Lipinski definition) is 7. The fourth-order valence-electron chi connectivity index (χ4n) is 1.99. The molecule has 0 bridgehead atoms. The van der Waals surface area contributed by atoms with Crippen LogP contribution < -0.4 is 16.0 Å². The second-order valence-electron chi connectivity index (χ2n) is 5.29. The molecule has 7 heteroatoms. The minimum absolute atomic E-state index is 0.0597. The Labute approximate surface area is 137 Å². The average molecular weight is 316 g/mol. The molecular weight excluding hydrogens is 292 g/mol. The number of rotatable bonds is 10. The fourth-order valence-corrected chi connectivity index (χ4v) is 1.99. The van der Waals surface area contributed by atoms with Crippen LogP contribution in [0.4, 0.5) is 0 Å². The van der Waals surface area contributed by atoms with Gasteiger partial charge in [0.1, 0.15) is 29.5 Å². The predicted molar refractivity (Wildman–Crippen MR) is 87.7 cm³/mol.